The van der Waals surface area contributed by atoms with Crippen molar-refractivity contribution in [2.45, 2.75) is 290 Å². The average Bonchev–Trinajstić information content (AvgIpc) is 0.988. The molecule has 0 aliphatic rings. The summed E-state index contributed by atoms with van der Waals surface area (Å²) in [6, 6.07) is 0. The van der Waals surface area contributed by atoms with Crippen LogP contribution < -0.4 is 0 Å². The zero-order chi connectivity index (χ0) is 73.2. The lowest BCUT2D eigenvalue weighted by Gasteiger charge is -2.21. The highest BCUT2D eigenvalue weighted by Crippen LogP contribution is 2.45. The molecule has 0 radical (unpaired) electrons. The number of phosphoric acid groups is 2. The van der Waals surface area contributed by atoms with E-state index in [1.54, 1.807) is 18.2 Å². The Kier molecular flexibility index (Phi) is 68.2. The molecule has 100 heavy (non-hydrogen) atoms. The van der Waals surface area contributed by atoms with E-state index in [1.165, 1.54) is 51.4 Å². The Morgan fingerprint density at radius 1 is 0.300 bits per heavy atom. The first-order valence-electron chi connectivity index (χ1n) is 37.7. The van der Waals surface area contributed by atoms with Gasteiger partial charge in [0.15, 0.2) is 12.2 Å². The van der Waals surface area contributed by atoms with E-state index < -0.39 is 97.5 Å². The lowest BCUT2D eigenvalue weighted by Crippen LogP contribution is -2.30. The Morgan fingerprint density at radius 3 is 0.930 bits per heavy atom. The van der Waals surface area contributed by atoms with Crippen molar-refractivity contribution in [2.24, 2.45) is 0 Å². The van der Waals surface area contributed by atoms with Crippen molar-refractivity contribution in [2.75, 3.05) is 39.6 Å². The molecule has 0 rings (SSSR count). The van der Waals surface area contributed by atoms with Gasteiger partial charge >= 0.3 is 39.5 Å². The highest BCUT2D eigenvalue weighted by Gasteiger charge is 2.30. The fraction of sp³-hybridized carbons (Fsp3) is 0.630. The van der Waals surface area contributed by atoms with Gasteiger partial charge in [0.05, 0.1) is 39.3 Å². The Morgan fingerprint density at radius 2 is 0.570 bits per heavy atom. The van der Waals surface area contributed by atoms with Gasteiger partial charge in [-0.3, -0.25) is 37.3 Å². The van der Waals surface area contributed by atoms with Crippen LogP contribution in [0.5, 0.6) is 0 Å². The quantitative estimate of drug-likeness (QED) is 0.0169. The molecule has 17 nitrogen and oxygen atoms in total. The summed E-state index contributed by atoms with van der Waals surface area (Å²) in [4.78, 5) is 72.7. The SMILES string of the molecule is CC/C=C\C/C=C\C/C=C\C/C=C\C/C=C\CC(=O)OCC(COP(=O)(O)OCC(O)COP(=O)(O)OCC(COC(=O)CCCCCCCCC/C=C\C/C=C\C/C=C\CC)OC(=O)CCCCCCCCCCCCCCC)OC(=O)C/C=C\C/C=C\C/C=C\C/C=C\C/C=C\CC. The molecule has 0 aliphatic carbocycles. The molecule has 0 aromatic rings. The summed E-state index contributed by atoms with van der Waals surface area (Å²) in [6.45, 7) is 4.27. The number of hydrogen-bond acceptors (Lipinski definition) is 15. The Labute approximate surface area is 604 Å². The average molecular weight is 1440 g/mol. The van der Waals surface area contributed by atoms with Crippen molar-refractivity contribution in [1.82, 2.24) is 0 Å². The van der Waals surface area contributed by atoms with E-state index >= 15 is 0 Å². The highest BCUT2D eigenvalue weighted by atomic mass is 31.2. The first kappa shape index (κ1) is 94.7. The van der Waals surface area contributed by atoms with E-state index in [2.05, 4.69) is 137 Å². The van der Waals surface area contributed by atoms with Gasteiger partial charge in [-0.25, -0.2) is 9.13 Å². The number of ether oxygens (including phenoxy) is 4. The Bertz CT molecular complexity index is 2520. The standard InChI is InChI=1S/C81H132O17P2/c1-5-9-13-17-21-25-29-33-36-37-40-43-46-50-54-58-62-66-79(84)92-71-76(97-80(85)67-63-59-55-51-47-41-32-28-24-20-16-12-8-4)73-95-99(87,88)93-69-75(82)70-94-100(89,90)96-74-77(98-81(86)68-64-60-56-52-48-44-39-35-31-27-23-19-15-11-7-3)72-91-78(83)65-61-57-53-49-45-42-38-34-30-26-22-18-14-10-6-2/h9-11,13-15,21-23,25-27,33-36,38-39,45,48-49,52,57,60-61,64,75-77,82H,5-8,12,16-20,24,28-32,37,40-44,46-47,50-51,53-56,58-59,62-63,65-74H2,1-4H3,(H,87,88)(H,89,90)/b13-9-,14-10-,15-11-,25-21-,26-22-,27-23-,36-33-,38-34-,39-35-,49-45-,52-48-,61-57-,64-60-. The number of allylic oxidation sites excluding steroid dienone is 24. The lowest BCUT2D eigenvalue weighted by atomic mass is 10.0. The fourth-order valence-electron chi connectivity index (χ4n) is 9.44. The van der Waals surface area contributed by atoms with E-state index in [4.69, 9.17) is 37.0 Å². The first-order chi connectivity index (χ1) is 48.7. The number of unbranched alkanes of at least 4 members (excludes halogenated alkanes) is 19. The van der Waals surface area contributed by atoms with Crippen molar-refractivity contribution in [1.29, 1.82) is 0 Å². The fourth-order valence-corrected chi connectivity index (χ4v) is 11.0. The molecule has 5 unspecified atom stereocenters. The van der Waals surface area contributed by atoms with Crippen LogP contribution >= 0.6 is 15.6 Å². The molecule has 0 amide bonds. The van der Waals surface area contributed by atoms with Gasteiger partial charge in [0, 0.05) is 12.8 Å². The smallest absolute Gasteiger partial charge is 0.462 e. The first-order valence-corrected chi connectivity index (χ1v) is 40.7. The van der Waals surface area contributed by atoms with Crippen molar-refractivity contribution in [3.63, 3.8) is 0 Å². The maximum Gasteiger partial charge on any atom is 0.472 e. The molecule has 0 aromatic heterocycles. The van der Waals surface area contributed by atoms with Crippen LogP contribution in [0.1, 0.15) is 272 Å². The number of aliphatic hydroxyl groups excluding tert-OH is 1. The number of carbonyl (C=O) groups is 4. The predicted octanol–water partition coefficient (Wildman–Crippen LogP) is 21.7. The summed E-state index contributed by atoms with van der Waals surface area (Å²) >= 11 is 0. The number of hydrogen-bond donors (Lipinski definition) is 3. The minimum atomic E-state index is -5.02. The van der Waals surface area contributed by atoms with E-state index in [-0.39, 0.29) is 25.7 Å². The zero-order valence-electron chi connectivity index (χ0n) is 61.8. The van der Waals surface area contributed by atoms with Crippen molar-refractivity contribution >= 4 is 39.5 Å². The molecule has 3 N–H and O–H groups in total. The minimum Gasteiger partial charge on any atom is -0.462 e. The van der Waals surface area contributed by atoms with Crippen LogP contribution in [0.4, 0.5) is 0 Å². The van der Waals surface area contributed by atoms with Gasteiger partial charge < -0.3 is 33.8 Å². The zero-order valence-corrected chi connectivity index (χ0v) is 63.6. The molecule has 0 saturated carbocycles. The van der Waals surface area contributed by atoms with E-state index in [9.17, 15) is 43.2 Å². The van der Waals surface area contributed by atoms with Gasteiger partial charge in [-0.05, 0) is 109 Å². The van der Waals surface area contributed by atoms with E-state index in [0.717, 1.165) is 141 Å². The van der Waals surface area contributed by atoms with E-state index in [1.807, 2.05) is 30.4 Å². The third kappa shape index (κ3) is 71.1. The van der Waals surface area contributed by atoms with Gasteiger partial charge in [0.25, 0.3) is 0 Å². The van der Waals surface area contributed by atoms with Gasteiger partial charge in [-0.15, -0.1) is 0 Å². The maximum absolute atomic E-state index is 13.1. The second-order valence-electron chi connectivity index (χ2n) is 24.5. The number of carbonyl (C=O) groups excluding carboxylic acids is 4. The molecule has 0 bridgehead atoms. The Balaban J connectivity index is 5.49. The van der Waals surface area contributed by atoms with Crippen molar-refractivity contribution in [3.05, 3.63) is 158 Å². The molecular weight excluding hydrogens is 1310 g/mol. The molecule has 0 heterocycles. The van der Waals surface area contributed by atoms with Crippen molar-refractivity contribution < 1.29 is 80.2 Å². The molecule has 568 valence electrons. The molecule has 0 spiro atoms. The minimum absolute atomic E-state index is 0.0866. The van der Waals surface area contributed by atoms with Gasteiger partial charge in [-0.1, -0.05) is 295 Å². The summed E-state index contributed by atoms with van der Waals surface area (Å²) in [7, 11) is -10.0. The molecular formula is C81H132O17P2. The third-order valence-electron chi connectivity index (χ3n) is 15.1. The summed E-state index contributed by atoms with van der Waals surface area (Å²) in [5.41, 5.74) is 0. The summed E-state index contributed by atoms with van der Waals surface area (Å²) in [5.74, 6) is -2.49. The second kappa shape index (κ2) is 72.0. The molecule has 5 atom stereocenters. The number of aliphatic hydroxyl groups is 1. The molecule has 0 saturated heterocycles. The van der Waals surface area contributed by atoms with Gasteiger partial charge in [-0.2, -0.15) is 0 Å². The summed E-state index contributed by atoms with van der Waals surface area (Å²) in [5, 5.41) is 10.6. The van der Waals surface area contributed by atoms with Crippen LogP contribution in [0.15, 0.2) is 158 Å². The van der Waals surface area contributed by atoms with Crippen LogP contribution in [0.2, 0.25) is 0 Å². The van der Waals surface area contributed by atoms with Crippen LogP contribution in [0, 0.1) is 0 Å². The van der Waals surface area contributed by atoms with Crippen LogP contribution in [-0.2, 0) is 65.4 Å². The Hall–Kier alpha value is -5.32. The molecule has 0 aliphatic heterocycles. The molecule has 19 heteroatoms. The predicted molar refractivity (Wildman–Crippen MR) is 408 cm³/mol. The monoisotopic (exact) mass is 1440 g/mol. The van der Waals surface area contributed by atoms with E-state index in [0.29, 0.717) is 25.7 Å². The molecule has 0 fully saturated rings. The van der Waals surface area contributed by atoms with Gasteiger partial charge in [0.1, 0.15) is 19.3 Å². The second-order valence-corrected chi connectivity index (χ2v) is 27.4. The van der Waals surface area contributed by atoms with Crippen LogP contribution in [-0.4, -0.2) is 96.7 Å². The molecule has 0 aromatic carbocycles. The summed E-state index contributed by atoms with van der Waals surface area (Å²) < 4.78 is 68.2. The maximum atomic E-state index is 13.1. The third-order valence-corrected chi connectivity index (χ3v) is 17.0. The largest absolute Gasteiger partial charge is 0.472 e. The number of rotatable bonds is 69. The van der Waals surface area contributed by atoms with Crippen molar-refractivity contribution in [3.8, 4) is 0 Å². The lowest BCUT2D eigenvalue weighted by molar-refractivity contribution is -0.161. The van der Waals surface area contributed by atoms with Gasteiger partial charge in [0.2, 0.25) is 0 Å². The highest BCUT2D eigenvalue weighted by molar-refractivity contribution is 7.47. The summed E-state index contributed by atoms with van der Waals surface area (Å²) in [6.07, 6.45) is 83.0. The van der Waals surface area contributed by atoms with Crippen LogP contribution in [0.25, 0.3) is 0 Å². The number of phosphoric ester groups is 2. The number of esters is 4. The topological polar surface area (TPSA) is 237 Å². The van der Waals surface area contributed by atoms with Crippen LogP contribution in [0.3, 0.4) is 0 Å². The normalized spacial score (nSPS) is 14.8.